The molecule has 0 N–H and O–H groups in total. The van der Waals surface area contributed by atoms with Gasteiger partial charge in [0.2, 0.25) is 0 Å². The first kappa shape index (κ1) is 15.7. The molecule has 17 heavy (non-hydrogen) atoms. The van der Waals surface area contributed by atoms with Gasteiger partial charge in [-0.05, 0) is 20.8 Å². The van der Waals surface area contributed by atoms with Gasteiger partial charge in [-0.1, -0.05) is 13.8 Å². The maximum atomic E-state index is 11.7. The van der Waals surface area contributed by atoms with Gasteiger partial charge in [0.15, 0.2) is 0 Å². The Morgan fingerprint density at radius 3 is 2.18 bits per heavy atom. The number of carbonyl (C=O) groups is 2. The van der Waals surface area contributed by atoms with Crippen LogP contribution < -0.4 is 0 Å². The summed E-state index contributed by atoms with van der Waals surface area (Å²) in [6, 6.07) is 0. The van der Waals surface area contributed by atoms with E-state index in [0.29, 0.717) is 6.42 Å². The zero-order valence-corrected chi connectivity index (χ0v) is 11.4. The topological polar surface area (TPSA) is 43.4 Å². The lowest BCUT2D eigenvalue weighted by Gasteiger charge is -2.22. The van der Waals surface area contributed by atoms with Crippen LogP contribution in [0, 0.1) is 24.2 Å². The third kappa shape index (κ3) is 6.78. The maximum Gasteiger partial charge on any atom is 0.309 e. The molecule has 0 aromatic carbocycles. The van der Waals surface area contributed by atoms with Crippen LogP contribution >= 0.6 is 0 Å². The van der Waals surface area contributed by atoms with E-state index in [2.05, 4.69) is 5.92 Å². The predicted octanol–water partition coefficient (Wildman–Crippen LogP) is 2.58. The SMILES string of the molecule is C#CC[C@H](C)C(=O)C[C@@H](C)C(=O)OC(C)(C)C. The van der Waals surface area contributed by atoms with E-state index >= 15 is 0 Å². The molecular weight excluding hydrogens is 216 g/mol. The molecule has 0 aliphatic rings. The van der Waals surface area contributed by atoms with E-state index in [1.807, 2.05) is 0 Å². The highest BCUT2D eigenvalue weighted by Gasteiger charge is 2.25. The number of hydrogen-bond donors (Lipinski definition) is 0. The number of ether oxygens (including phenoxy) is 1. The number of rotatable bonds is 5. The van der Waals surface area contributed by atoms with Crippen LogP contribution in [-0.2, 0) is 14.3 Å². The average Bonchev–Trinajstić information content (AvgIpc) is 2.15. The third-order valence-electron chi connectivity index (χ3n) is 2.29. The lowest BCUT2D eigenvalue weighted by Crippen LogP contribution is -2.29. The summed E-state index contributed by atoms with van der Waals surface area (Å²) in [5, 5.41) is 0. The second-order valence-corrected chi connectivity index (χ2v) is 5.41. The van der Waals surface area contributed by atoms with Gasteiger partial charge in [-0.2, -0.15) is 0 Å². The normalized spacial score (nSPS) is 14.6. The van der Waals surface area contributed by atoms with Crippen LogP contribution in [0.25, 0.3) is 0 Å². The van der Waals surface area contributed by atoms with Crippen molar-refractivity contribution >= 4 is 11.8 Å². The molecule has 96 valence electrons. The summed E-state index contributed by atoms with van der Waals surface area (Å²) < 4.78 is 5.21. The molecule has 0 amide bonds. The standard InChI is InChI=1S/C14H22O3/c1-7-8-10(2)12(15)9-11(3)13(16)17-14(4,5)6/h1,10-11H,8-9H2,2-6H3/t10-,11+/m0/s1. The van der Waals surface area contributed by atoms with Crippen LogP contribution in [0.4, 0.5) is 0 Å². The van der Waals surface area contributed by atoms with E-state index in [1.54, 1.807) is 34.6 Å². The Kier molecular flexibility index (Phi) is 5.95. The van der Waals surface area contributed by atoms with Gasteiger partial charge in [-0.15, -0.1) is 12.3 Å². The first-order chi connectivity index (χ1) is 7.67. The third-order valence-corrected chi connectivity index (χ3v) is 2.29. The summed E-state index contributed by atoms with van der Waals surface area (Å²) in [6.45, 7) is 8.90. The van der Waals surface area contributed by atoms with Crippen molar-refractivity contribution in [2.24, 2.45) is 11.8 Å². The molecule has 0 saturated heterocycles. The molecule has 0 fully saturated rings. The van der Waals surface area contributed by atoms with Crippen molar-refractivity contribution in [3.63, 3.8) is 0 Å². The molecule has 0 bridgehead atoms. The molecule has 0 aromatic heterocycles. The van der Waals surface area contributed by atoms with E-state index in [0.717, 1.165) is 0 Å². The van der Waals surface area contributed by atoms with Crippen LogP contribution in [0.2, 0.25) is 0 Å². The van der Waals surface area contributed by atoms with E-state index in [1.165, 1.54) is 0 Å². The number of ketones is 1. The van der Waals surface area contributed by atoms with Crippen LogP contribution in [-0.4, -0.2) is 17.4 Å². The van der Waals surface area contributed by atoms with Gasteiger partial charge in [0.1, 0.15) is 11.4 Å². The monoisotopic (exact) mass is 238 g/mol. The first-order valence-corrected chi connectivity index (χ1v) is 5.86. The van der Waals surface area contributed by atoms with Gasteiger partial charge in [0.05, 0.1) is 5.92 Å². The minimum Gasteiger partial charge on any atom is -0.460 e. The maximum absolute atomic E-state index is 11.7. The highest BCUT2D eigenvalue weighted by molar-refractivity contribution is 5.85. The number of Topliss-reactive ketones (excluding diaryl/α,β-unsaturated/α-hetero) is 1. The first-order valence-electron chi connectivity index (χ1n) is 5.86. The summed E-state index contributed by atoms with van der Waals surface area (Å²) in [6.07, 6.45) is 5.76. The summed E-state index contributed by atoms with van der Waals surface area (Å²) in [4.78, 5) is 23.4. The van der Waals surface area contributed by atoms with E-state index in [4.69, 9.17) is 11.2 Å². The Hall–Kier alpha value is -1.30. The lowest BCUT2D eigenvalue weighted by atomic mass is 9.94. The lowest BCUT2D eigenvalue weighted by molar-refractivity contribution is -0.160. The molecule has 2 atom stereocenters. The van der Waals surface area contributed by atoms with Crippen molar-refractivity contribution in [3.05, 3.63) is 0 Å². The Morgan fingerprint density at radius 1 is 1.24 bits per heavy atom. The number of esters is 1. The van der Waals surface area contributed by atoms with Crippen molar-refractivity contribution in [2.45, 2.75) is 53.1 Å². The highest BCUT2D eigenvalue weighted by Crippen LogP contribution is 2.16. The fourth-order valence-electron chi connectivity index (χ4n) is 1.28. The zero-order chi connectivity index (χ0) is 13.6. The second-order valence-electron chi connectivity index (χ2n) is 5.41. The van der Waals surface area contributed by atoms with E-state index < -0.39 is 11.5 Å². The predicted molar refractivity (Wildman–Crippen MR) is 67.2 cm³/mol. The summed E-state index contributed by atoms with van der Waals surface area (Å²) in [5.41, 5.74) is -0.515. The molecule has 0 rings (SSSR count). The fraction of sp³-hybridized carbons (Fsp3) is 0.714. The highest BCUT2D eigenvalue weighted by atomic mass is 16.6. The van der Waals surface area contributed by atoms with Gasteiger partial charge in [0.25, 0.3) is 0 Å². The molecule has 0 radical (unpaired) electrons. The van der Waals surface area contributed by atoms with Crippen molar-refractivity contribution in [1.29, 1.82) is 0 Å². The van der Waals surface area contributed by atoms with Gasteiger partial charge >= 0.3 is 5.97 Å². The Balaban J connectivity index is 4.27. The smallest absolute Gasteiger partial charge is 0.309 e. The van der Waals surface area contributed by atoms with Crippen LogP contribution in [0.3, 0.4) is 0 Å². The largest absolute Gasteiger partial charge is 0.460 e. The molecule has 3 heteroatoms. The van der Waals surface area contributed by atoms with Crippen molar-refractivity contribution in [2.75, 3.05) is 0 Å². The number of terminal acetylenes is 1. The molecular formula is C14H22O3. The van der Waals surface area contributed by atoms with Crippen molar-refractivity contribution < 1.29 is 14.3 Å². The van der Waals surface area contributed by atoms with Gasteiger partial charge in [-0.25, -0.2) is 0 Å². The molecule has 0 unspecified atom stereocenters. The van der Waals surface area contributed by atoms with Crippen molar-refractivity contribution in [3.8, 4) is 12.3 Å². The number of hydrogen-bond acceptors (Lipinski definition) is 3. The second kappa shape index (κ2) is 6.44. The fourth-order valence-corrected chi connectivity index (χ4v) is 1.28. The Labute approximate surface area is 104 Å². The van der Waals surface area contributed by atoms with E-state index in [9.17, 15) is 9.59 Å². The molecule has 0 aliphatic carbocycles. The van der Waals surface area contributed by atoms with Crippen LogP contribution in [0.5, 0.6) is 0 Å². The van der Waals surface area contributed by atoms with Gasteiger partial charge < -0.3 is 4.74 Å². The van der Waals surface area contributed by atoms with Gasteiger partial charge in [0, 0.05) is 18.8 Å². The molecule has 0 spiro atoms. The van der Waals surface area contributed by atoms with Crippen molar-refractivity contribution in [1.82, 2.24) is 0 Å². The quantitative estimate of drug-likeness (QED) is 0.546. The van der Waals surface area contributed by atoms with Crippen LogP contribution in [0.15, 0.2) is 0 Å². The zero-order valence-electron chi connectivity index (χ0n) is 11.4. The Morgan fingerprint density at radius 2 is 1.76 bits per heavy atom. The molecule has 0 saturated carbocycles. The molecule has 0 aliphatic heterocycles. The molecule has 0 heterocycles. The minimum absolute atomic E-state index is 0.0151. The Bertz CT molecular complexity index is 317. The van der Waals surface area contributed by atoms with E-state index in [-0.39, 0.29) is 24.1 Å². The summed E-state index contributed by atoms with van der Waals surface area (Å²) in [5.74, 6) is 1.53. The average molecular weight is 238 g/mol. The molecule has 0 aromatic rings. The summed E-state index contributed by atoms with van der Waals surface area (Å²) >= 11 is 0. The van der Waals surface area contributed by atoms with Gasteiger partial charge in [-0.3, -0.25) is 9.59 Å². The summed E-state index contributed by atoms with van der Waals surface area (Å²) in [7, 11) is 0. The molecule has 3 nitrogen and oxygen atoms in total. The number of carbonyl (C=O) groups excluding carboxylic acids is 2. The minimum atomic E-state index is -0.515. The van der Waals surface area contributed by atoms with Crippen LogP contribution in [0.1, 0.15) is 47.5 Å².